The van der Waals surface area contributed by atoms with Gasteiger partial charge in [-0.15, -0.1) is 0 Å². The van der Waals surface area contributed by atoms with Crippen molar-refractivity contribution >= 4 is 11.8 Å². The van der Waals surface area contributed by atoms with Crippen LogP contribution in [-0.2, 0) is 4.74 Å². The number of aromatic nitrogens is 1. The summed E-state index contributed by atoms with van der Waals surface area (Å²) < 4.78 is 19.0. The van der Waals surface area contributed by atoms with Gasteiger partial charge >= 0.3 is 0 Å². The van der Waals surface area contributed by atoms with Crippen LogP contribution in [0.3, 0.4) is 0 Å². The van der Waals surface area contributed by atoms with Crippen LogP contribution in [-0.4, -0.2) is 68.3 Å². The summed E-state index contributed by atoms with van der Waals surface area (Å²) in [5, 5.41) is 10.1. The van der Waals surface area contributed by atoms with E-state index < -0.39 is 0 Å². The van der Waals surface area contributed by atoms with Crippen LogP contribution in [0.5, 0.6) is 0 Å². The fourth-order valence-electron chi connectivity index (χ4n) is 3.67. The first-order valence-corrected chi connectivity index (χ1v) is 11.5. The minimum absolute atomic E-state index is 0.0949. The van der Waals surface area contributed by atoms with Crippen LogP contribution in [0, 0.1) is 5.82 Å². The molecule has 1 fully saturated rings. The summed E-state index contributed by atoms with van der Waals surface area (Å²) in [5.41, 5.74) is 1.08. The number of halogens is 1. The molecule has 1 aromatic heterocycles. The summed E-state index contributed by atoms with van der Waals surface area (Å²) in [6.45, 7) is 8.32. The van der Waals surface area contributed by atoms with Gasteiger partial charge in [0.05, 0.1) is 25.8 Å². The molecule has 1 aliphatic rings. The first-order chi connectivity index (χ1) is 15.8. The fourth-order valence-corrected chi connectivity index (χ4v) is 3.67. The number of hydrogen-bond donors (Lipinski definition) is 3. The number of nitrogens with one attached hydrogen (secondary N) is 3. The van der Waals surface area contributed by atoms with Gasteiger partial charge in [-0.05, 0) is 49.6 Å². The Labute approximate surface area is 190 Å². The Balaban J connectivity index is 1.50. The quantitative estimate of drug-likeness (QED) is 0.282. The SMILES string of the molecule is CCNC(=NCC(c1ccc(F)cc1)N1CCOCC1)NCCCCNc1ccccn1. The second-order valence-corrected chi connectivity index (χ2v) is 7.71. The van der Waals surface area contributed by atoms with Gasteiger partial charge in [0.1, 0.15) is 11.6 Å². The summed E-state index contributed by atoms with van der Waals surface area (Å²) in [6.07, 6.45) is 3.85. The number of morpholine rings is 1. The molecule has 1 atom stereocenters. The summed E-state index contributed by atoms with van der Waals surface area (Å²) >= 11 is 0. The van der Waals surface area contributed by atoms with Crippen molar-refractivity contribution in [1.82, 2.24) is 20.5 Å². The number of aliphatic imine (C=N–C) groups is 1. The minimum Gasteiger partial charge on any atom is -0.379 e. The number of nitrogens with zero attached hydrogens (tertiary/aromatic N) is 3. The van der Waals surface area contributed by atoms with Crippen LogP contribution in [0.2, 0.25) is 0 Å². The smallest absolute Gasteiger partial charge is 0.191 e. The number of rotatable bonds is 11. The lowest BCUT2D eigenvalue weighted by molar-refractivity contribution is 0.0179. The molecule has 0 radical (unpaired) electrons. The molecule has 32 heavy (non-hydrogen) atoms. The maximum Gasteiger partial charge on any atom is 0.191 e. The molecular weight excluding hydrogens is 407 g/mol. The zero-order valence-electron chi connectivity index (χ0n) is 18.9. The number of guanidine groups is 1. The number of pyridine rings is 1. The van der Waals surface area contributed by atoms with E-state index in [9.17, 15) is 4.39 Å². The Morgan fingerprint density at radius 3 is 2.59 bits per heavy atom. The molecule has 1 saturated heterocycles. The highest BCUT2D eigenvalue weighted by Crippen LogP contribution is 2.22. The highest BCUT2D eigenvalue weighted by Gasteiger charge is 2.22. The van der Waals surface area contributed by atoms with Gasteiger partial charge < -0.3 is 20.7 Å². The topological polar surface area (TPSA) is 73.8 Å². The number of unbranched alkanes of at least 4 members (excludes halogenated alkanes) is 1. The van der Waals surface area contributed by atoms with E-state index in [1.165, 1.54) is 12.1 Å². The molecule has 3 N–H and O–H groups in total. The molecule has 0 bridgehead atoms. The van der Waals surface area contributed by atoms with Crippen molar-refractivity contribution in [3.63, 3.8) is 0 Å². The lowest BCUT2D eigenvalue weighted by Gasteiger charge is -2.34. The van der Waals surface area contributed by atoms with Crippen LogP contribution in [0.1, 0.15) is 31.4 Å². The number of anilines is 1. The van der Waals surface area contributed by atoms with Gasteiger partial charge in [-0.25, -0.2) is 9.37 Å². The van der Waals surface area contributed by atoms with Crippen molar-refractivity contribution in [3.05, 3.63) is 60.0 Å². The van der Waals surface area contributed by atoms with E-state index in [1.807, 2.05) is 30.3 Å². The molecule has 1 aromatic carbocycles. The van der Waals surface area contributed by atoms with E-state index in [4.69, 9.17) is 9.73 Å². The first kappa shape index (κ1) is 23.9. The molecule has 2 heterocycles. The standard InChI is InChI=1S/C24H35FN6O/c1-2-26-24(29-14-6-5-13-28-23-7-3-4-12-27-23)30-19-22(31-15-17-32-18-16-31)20-8-10-21(25)11-9-20/h3-4,7-12,22H,2,5-6,13-19H2,1H3,(H,27,28)(H2,26,29,30). The molecule has 2 aromatic rings. The second-order valence-electron chi connectivity index (χ2n) is 7.71. The van der Waals surface area contributed by atoms with Crippen LogP contribution >= 0.6 is 0 Å². The molecular formula is C24H35FN6O. The minimum atomic E-state index is -0.217. The Morgan fingerprint density at radius 2 is 1.88 bits per heavy atom. The molecule has 174 valence electrons. The summed E-state index contributed by atoms with van der Waals surface area (Å²) in [6, 6.07) is 12.7. The third-order valence-corrected chi connectivity index (χ3v) is 5.37. The van der Waals surface area contributed by atoms with Gasteiger partial charge in [0.25, 0.3) is 0 Å². The zero-order chi connectivity index (χ0) is 22.4. The van der Waals surface area contributed by atoms with E-state index in [-0.39, 0.29) is 11.9 Å². The van der Waals surface area contributed by atoms with E-state index in [0.29, 0.717) is 19.8 Å². The lowest BCUT2D eigenvalue weighted by atomic mass is 10.0. The van der Waals surface area contributed by atoms with Gasteiger partial charge in [0.15, 0.2) is 5.96 Å². The zero-order valence-corrected chi connectivity index (χ0v) is 18.9. The van der Waals surface area contributed by atoms with E-state index in [0.717, 1.165) is 62.9 Å². The monoisotopic (exact) mass is 442 g/mol. The van der Waals surface area contributed by atoms with Crippen molar-refractivity contribution in [3.8, 4) is 0 Å². The normalized spacial score (nSPS) is 15.9. The van der Waals surface area contributed by atoms with E-state index in [2.05, 4.69) is 32.8 Å². The van der Waals surface area contributed by atoms with Crippen molar-refractivity contribution in [1.29, 1.82) is 0 Å². The van der Waals surface area contributed by atoms with Crippen LogP contribution in [0.25, 0.3) is 0 Å². The Morgan fingerprint density at radius 1 is 1.09 bits per heavy atom. The predicted octanol–water partition coefficient (Wildman–Crippen LogP) is 3.04. The summed E-state index contributed by atoms with van der Waals surface area (Å²) in [4.78, 5) is 11.5. The molecule has 0 saturated carbocycles. The van der Waals surface area contributed by atoms with Gasteiger partial charge in [-0.2, -0.15) is 0 Å². The Kier molecular flexibility index (Phi) is 10.2. The predicted molar refractivity (Wildman–Crippen MR) is 127 cm³/mol. The number of ether oxygens (including phenoxy) is 1. The van der Waals surface area contributed by atoms with Crippen molar-refractivity contribution in [2.75, 3.05) is 57.8 Å². The maximum absolute atomic E-state index is 13.4. The molecule has 3 rings (SSSR count). The molecule has 1 aliphatic heterocycles. The molecule has 1 unspecified atom stereocenters. The molecule has 8 heteroatoms. The first-order valence-electron chi connectivity index (χ1n) is 11.5. The Bertz CT molecular complexity index is 796. The fraction of sp³-hybridized carbons (Fsp3) is 0.500. The maximum atomic E-state index is 13.4. The molecule has 7 nitrogen and oxygen atoms in total. The number of hydrogen-bond acceptors (Lipinski definition) is 5. The molecule has 0 spiro atoms. The van der Waals surface area contributed by atoms with Crippen LogP contribution < -0.4 is 16.0 Å². The van der Waals surface area contributed by atoms with Crippen molar-refractivity contribution < 1.29 is 9.13 Å². The molecule has 0 amide bonds. The number of benzene rings is 1. The van der Waals surface area contributed by atoms with Crippen molar-refractivity contribution in [2.45, 2.75) is 25.8 Å². The highest BCUT2D eigenvalue weighted by atomic mass is 19.1. The highest BCUT2D eigenvalue weighted by molar-refractivity contribution is 5.79. The third-order valence-electron chi connectivity index (χ3n) is 5.37. The van der Waals surface area contributed by atoms with E-state index in [1.54, 1.807) is 6.20 Å². The average Bonchev–Trinajstić information content (AvgIpc) is 2.83. The van der Waals surface area contributed by atoms with Gasteiger partial charge in [-0.1, -0.05) is 18.2 Å². The third kappa shape index (κ3) is 8.09. The summed E-state index contributed by atoms with van der Waals surface area (Å²) in [5.74, 6) is 1.50. The summed E-state index contributed by atoms with van der Waals surface area (Å²) in [7, 11) is 0. The van der Waals surface area contributed by atoms with Gasteiger partial charge in [0.2, 0.25) is 0 Å². The Hall–Kier alpha value is -2.71. The van der Waals surface area contributed by atoms with Gasteiger partial charge in [-0.3, -0.25) is 9.89 Å². The largest absolute Gasteiger partial charge is 0.379 e. The lowest BCUT2D eigenvalue weighted by Crippen LogP contribution is -2.42. The van der Waals surface area contributed by atoms with Crippen LogP contribution in [0.15, 0.2) is 53.7 Å². The second kappa shape index (κ2) is 13.6. The van der Waals surface area contributed by atoms with E-state index >= 15 is 0 Å². The van der Waals surface area contributed by atoms with Gasteiger partial charge in [0, 0.05) is 38.9 Å². The molecule has 0 aliphatic carbocycles. The van der Waals surface area contributed by atoms with Crippen molar-refractivity contribution in [2.24, 2.45) is 4.99 Å². The average molecular weight is 443 g/mol. The van der Waals surface area contributed by atoms with Crippen LogP contribution in [0.4, 0.5) is 10.2 Å².